The molecule has 2 aromatic heterocycles. The third kappa shape index (κ3) is 7.78. The molecule has 2 aliphatic rings. The molecule has 3 aromatic carbocycles. The second kappa shape index (κ2) is 15.6. The second-order valence-corrected chi connectivity index (χ2v) is 14.1. The van der Waals surface area contributed by atoms with E-state index < -0.39 is 12.1 Å². The molecule has 1 aliphatic carbocycles. The van der Waals surface area contributed by atoms with Crippen molar-refractivity contribution in [1.29, 1.82) is 0 Å². The number of para-hydroxylation sites is 1. The third-order valence-corrected chi connectivity index (χ3v) is 10.1. The summed E-state index contributed by atoms with van der Waals surface area (Å²) in [6, 6.07) is 26.2. The number of rotatable bonds is 9. The smallest absolute Gasteiger partial charge is 0.410 e. The Morgan fingerprint density at radius 2 is 1.74 bits per heavy atom. The Hall–Kier alpha value is -4.51. The van der Waals surface area contributed by atoms with Crippen molar-refractivity contribution >= 4 is 39.5 Å². The number of imidazole rings is 1. The van der Waals surface area contributed by atoms with E-state index in [0.717, 1.165) is 51.7 Å². The molecule has 11 heteroatoms. The molecule has 3 heterocycles. The largest absolute Gasteiger partial charge is 0.416 e. The Morgan fingerprint density at radius 1 is 0.960 bits per heavy atom. The van der Waals surface area contributed by atoms with Crippen molar-refractivity contribution in [2.45, 2.75) is 44.4 Å². The number of nitrogens with zero attached hydrogens (tertiary/aromatic N) is 6. The molecule has 0 radical (unpaired) electrons. The Bertz CT molecular complexity index is 1870. The molecule has 1 aliphatic heterocycles. The first-order chi connectivity index (χ1) is 24.4. The van der Waals surface area contributed by atoms with E-state index >= 15 is 0 Å². The first-order valence-corrected chi connectivity index (χ1v) is 18.1. The molecular formula is C39H38BrClN6O3. The molecule has 1 saturated heterocycles. The molecule has 0 unspecified atom stereocenters. The van der Waals surface area contributed by atoms with Gasteiger partial charge in [0.1, 0.15) is 11.8 Å². The van der Waals surface area contributed by atoms with Gasteiger partial charge in [-0.2, -0.15) is 0 Å². The summed E-state index contributed by atoms with van der Waals surface area (Å²) < 4.78 is 8.79. The number of piperazine rings is 1. The van der Waals surface area contributed by atoms with E-state index in [1.807, 2.05) is 82.5 Å². The number of halogens is 2. The fraction of sp³-hybridized carbons (Fsp3) is 0.282. The van der Waals surface area contributed by atoms with Gasteiger partial charge in [-0.25, -0.2) is 9.78 Å². The summed E-state index contributed by atoms with van der Waals surface area (Å²) in [7, 11) is 0. The van der Waals surface area contributed by atoms with Gasteiger partial charge in [-0.15, -0.1) is 0 Å². The van der Waals surface area contributed by atoms with Crippen molar-refractivity contribution in [2.24, 2.45) is 0 Å². The molecule has 7 rings (SSSR count). The van der Waals surface area contributed by atoms with Crippen molar-refractivity contribution in [3.63, 3.8) is 0 Å². The average molecular weight is 754 g/mol. The van der Waals surface area contributed by atoms with Gasteiger partial charge in [0.05, 0.1) is 18.1 Å². The Morgan fingerprint density at radius 3 is 2.52 bits per heavy atom. The van der Waals surface area contributed by atoms with Crippen LogP contribution in [0.15, 0.2) is 114 Å². The molecule has 0 bridgehead atoms. The topological polar surface area (TPSA) is 83.8 Å². The van der Waals surface area contributed by atoms with E-state index in [2.05, 4.69) is 37.9 Å². The van der Waals surface area contributed by atoms with Gasteiger partial charge in [0.15, 0.2) is 0 Å². The van der Waals surface area contributed by atoms with Crippen LogP contribution in [0.4, 0.5) is 4.79 Å². The summed E-state index contributed by atoms with van der Waals surface area (Å²) in [5.74, 6) is 0.314. The van der Waals surface area contributed by atoms with Gasteiger partial charge < -0.3 is 14.2 Å². The molecule has 0 spiro atoms. The van der Waals surface area contributed by atoms with Crippen LogP contribution in [0.1, 0.15) is 40.4 Å². The maximum absolute atomic E-state index is 14.9. The van der Waals surface area contributed by atoms with Crippen LogP contribution < -0.4 is 4.74 Å². The third-order valence-electron chi connectivity index (χ3n) is 9.47. The minimum absolute atomic E-state index is 0.122. The lowest BCUT2D eigenvalue weighted by Gasteiger charge is -2.44. The zero-order valence-corrected chi connectivity index (χ0v) is 29.9. The van der Waals surface area contributed by atoms with E-state index in [0.29, 0.717) is 50.0 Å². The number of amides is 2. The average Bonchev–Trinajstić information content (AvgIpc) is 3.60. The van der Waals surface area contributed by atoms with Crippen LogP contribution >= 0.6 is 27.5 Å². The number of fused-ring (bicyclic) bond motifs is 2. The molecule has 5 aromatic rings. The van der Waals surface area contributed by atoms with Crippen LogP contribution in [0, 0.1) is 0 Å². The van der Waals surface area contributed by atoms with Crippen molar-refractivity contribution in [3.05, 3.63) is 147 Å². The zero-order valence-electron chi connectivity index (χ0n) is 27.6. The summed E-state index contributed by atoms with van der Waals surface area (Å²) in [6.45, 7) is 2.78. The highest BCUT2D eigenvalue weighted by molar-refractivity contribution is 9.10. The van der Waals surface area contributed by atoms with Gasteiger partial charge in [0, 0.05) is 67.4 Å². The predicted octanol–water partition coefficient (Wildman–Crippen LogP) is 7.19. The first-order valence-electron chi connectivity index (χ1n) is 16.9. The maximum atomic E-state index is 14.9. The number of aryl methyl sites for hydroxylation is 3. The minimum atomic E-state index is -0.796. The molecule has 9 nitrogen and oxygen atoms in total. The van der Waals surface area contributed by atoms with Gasteiger partial charge >= 0.3 is 6.09 Å². The van der Waals surface area contributed by atoms with Crippen molar-refractivity contribution in [2.75, 3.05) is 26.2 Å². The molecule has 2 atom stereocenters. The van der Waals surface area contributed by atoms with Crippen LogP contribution in [-0.4, -0.2) is 73.5 Å². The molecule has 50 heavy (non-hydrogen) atoms. The lowest BCUT2D eigenvalue weighted by Crippen LogP contribution is -2.62. The van der Waals surface area contributed by atoms with Crippen LogP contribution in [0.5, 0.6) is 5.75 Å². The number of aromatic nitrogens is 3. The normalized spacial score (nSPS) is 17.4. The van der Waals surface area contributed by atoms with Crippen molar-refractivity contribution in [1.82, 2.24) is 29.2 Å². The number of hydrogen-bond acceptors (Lipinski definition) is 6. The number of carbonyl (C=O) groups is 2. The van der Waals surface area contributed by atoms with E-state index in [9.17, 15) is 9.59 Å². The first kappa shape index (κ1) is 34.0. The Labute approximate surface area is 305 Å². The van der Waals surface area contributed by atoms with E-state index in [-0.39, 0.29) is 11.9 Å². The molecule has 256 valence electrons. The van der Waals surface area contributed by atoms with Crippen molar-refractivity contribution in [3.8, 4) is 5.75 Å². The number of hydrogen-bond donors (Lipinski definition) is 0. The second-order valence-electron chi connectivity index (χ2n) is 12.7. The maximum Gasteiger partial charge on any atom is 0.416 e. The van der Waals surface area contributed by atoms with Gasteiger partial charge in [-0.1, -0.05) is 66.2 Å². The fourth-order valence-corrected chi connectivity index (χ4v) is 7.62. The number of ether oxygens (including phenoxy) is 1. The SMILES string of the molecule is O=C([C@H]1CN([C@H]2c3ccc(Cl)cc3CCc3cc(Br)cnc32)CCN1C(=O)Oc1ccccc1)N(CCCn1ccnc1)Cc1ccccc1. The molecule has 0 N–H and O–H groups in total. The highest BCUT2D eigenvalue weighted by atomic mass is 79.9. The summed E-state index contributed by atoms with van der Waals surface area (Å²) in [5, 5.41) is 0.691. The predicted molar refractivity (Wildman–Crippen MR) is 196 cm³/mol. The minimum Gasteiger partial charge on any atom is -0.410 e. The molecule has 2 amide bonds. The number of benzene rings is 3. The highest BCUT2D eigenvalue weighted by Crippen LogP contribution is 2.39. The summed E-state index contributed by atoms with van der Waals surface area (Å²) >= 11 is 10.1. The Kier molecular flexibility index (Phi) is 10.6. The summed E-state index contributed by atoms with van der Waals surface area (Å²) in [5.41, 5.74) is 5.41. The van der Waals surface area contributed by atoms with Crippen LogP contribution in [-0.2, 0) is 30.7 Å². The van der Waals surface area contributed by atoms with Crippen LogP contribution in [0.3, 0.4) is 0 Å². The lowest BCUT2D eigenvalue weighted by atomic mass is 9.95. The van der Waals surface area contributed by atoms with Gasteiger partial charge in [0.25, 0.3) is 0 Å². The highest BCUT2D eigenvalue weighted by Gasteiger charge is 2.42. The van der Waals surface area contributed by atoms with Crippen molar-refractivity contribution < 1.29 is 14.3 Å². The summed E-state index contributed by atoms with van der Waals surface area (Å²) in [6.07, 6.45) is 9.13. The lowest BCUT2D eigenvalue weighted by molar-refractivity contribution is -0.139. The standard InChI is InChI=1S/C39H38BrClN6O3/c40-31-22-30-13-12-29-23-32(41)14-15-34(29)37(36(30)43-24-31)45-20-21-47(39(49)50-33-10-5-2-6-11-33)35(26-45)38(48)46(25-28-8-3-1-4-9-28)18-7-17-44-19-16-42-27-44/h1-6,8-11,14-16,19,22-24,27,35,37H,7,12-13,17-18,20-21,25-26H2/t35-,37+/m1/s1. The van der Waals surface area contributed by atoms with Crippen LogP contribution in [0.2, 0.25) is 5.02 Å². The number of carbonyl (C=O) groups excluding carboxylic acids is 2. The number of pyridine rings is 1. The quantitative estimate of drug-likeness (QED) is 0.159. The monoisotopic (exact) mass is 752 g/mol. The van der Waals surface area contributed by atoms with E-state index in [1.165, 1.54) is 0 Å². The van der Waals surface area contributed by atoms with Crippen LogP contribution in [0.25, 0.3) is 0 Å². The Balaban J connectivity index is 1.24. The van der Waals surface area contributed by atoms with Gasteiger partial charge in [-0.05, 0) is 87.8 Å². The summed E-state index contributed by atoms with van der Waals surface area (Å²) in [4.78, 5) is 43.8. The van der Waals surface area contributed by atoms with E-state index in [1.54, 1.807) is 29.6 Å². The molecule has 1 fully saturated rings. The molecular weight excluding hydrogens is 716 g/mol. The fourth-order valence-electron chi connectivity index (χ4n) is 7.04. The zero-order chi connectivity index (χ0) is 34.5. The van der Waals surface area contributed by atoms with Gasteiger partial charge in [-0.3, -0.25) is 19.6 Å². The van der Waals surface area contributed by atoms with E-state index in [4.69, 9.17) is 21.3 Å². The molecule has 0 saturated carbocycles. The van der Waals surface area contributed by atoms with Gasteiger partial charge in [0.2, 0.25) is 5.91 Å².